The van der Waals surface area contributed by atoms with E-state index >= 15 is 0 Å². The maximum absolute atomic E-state index is 13.8. The van der Waals surface area contributed by atoms with Gasteiger partial charge in [0.15, 0.2) is 0 Å². The molecule has 0 unspecified atom stereocenters. The van der Waals surface area contributed by atoms with Gasteiger partial charge in [0.2, 0.25) is 0 Å². The first-order chi connectivity index (χ1) is 18.6. The van der Waals surface area contributed by atoms with Crippen molar-refractivity contribution in [3.63, 3.8) is 0 Å². The molecule has 1 aliphatic heterocycles. The molecule has 1 fully saturated rings. The number of alkyl halides is 3. The van der Waals surface area contributed by atoms with Gasteiger partial charge < -0.3 is 10.2 Å². The van der Waals surface area contributed by atoms with E-state index in [1.165, 1.54) is 23.0 Å². The Labute approximate surface area is 221 Å². The quantitative estimate of drug-likeness (QED) is 0.427. The number of nitrogens with one attached hydrogen (secondary N) is 1. The van der Waals surface area contributed by atoms with Crippen molar-refractivity contribution in [2.75, 3.05) is 20.1 Å². The van der Waals surface area contributed by atoms with Gasteiger partial charge in [-0.15, -0.1) is 0 Å². The van der Waals surface area contributed by atoms with Crippen molar-refractivity contribution in [2.45, 2.75) is 25.6 Å². The molecule has 2 aromatic heterocycles. The number of carbonyl (C=O) groups is 1. The van der Waals surface area contributed by atoms with Crippen molar-refractivity contribution in [2.24, 2.45) is 0 Å². The summed E-state index contributed by atoms with van der Waals surface area (Å²) in [6.07, 6.45) is -2.42. The zero-order valence-electron chi connectivity index (χ0n) is 21.1. The predicted octanol–water partition coefficient (Wildman–Crippen LogP) is 3.95. The number of aromatic nitrogens is 4. The molecule has 1 N–H and O–H groups in total. The Bertz CT molecular complexity index is 1640. The number of likely N-dealkylation sites (tertiary alicyclic amines) is 1. The summed E-state index contributed by atoms with van der Waals surface area (Å²) in [4.78, 5) is 29.4. The average molecular weight is 536 g/mol. The summed E-state index contributed by atoms with van der Waals surface area (Å²) in [6.45, 7) is 2.95. The van der Waals surface area contributed by atoms with Crippen LogP contribution in [0.5, 0.6) is 0 Å². The Balaban J connectivity index is 1.70. The summed E-state index contributed by atoms with van der Waals surface area (Å²) >= 11 is 0. The molecule has 1 atom stereocenters. The van der Waals surface area contributed by atoms with Crippen molar-refractivity contribution in [1.82, 2.24) is 29.1 Å². The van der Waals surface area contributed by atoms with Gasteiger partial charge in [-0.25, -0.2) is 18.8 Å². The van der Waals surface area contributed by atoms with E-state index in [1.807, 2.05) is 18.0 Å². The van der Waals surface area contributed by atoms with Crippen molar-refractivity contribution < 1.29 is 18.0 Å². The van der Waals surface area contributed by atoms with E-state index in [-0.39, 0.29) is 23.1 Å². The number of amides is 1. The van der Waals surface area contributed by atoms with Gasteiger partial charge in [-0.3, -0.25) is 4.57 Å². The number of rotatable bonds is 4. The second-order valence-corrected chi connectivity index (χ2v) is 9.42. The number of hydrogen-bond donors (Lipinski definition) is 1. The molecule has 2 aromatic carbocycles. The van der Waals surface area contributed by atoms with Crippen LogP contribution in [0.1, 0.15) is 23.2 Å². The monoisotopic (exact) mass is 535 g/mol. The second kappa shape index (κ2) is 9.92. The topological polar surface area (TPSA) is 101 Å². The van der Waals surface area contributed by atoms with E-state index in [2.05, 4.69) is 10.4 Å². The summed E-state index contributed by atoms with van der Waals surface area (Å²) in [7, 11) is 1.92. The lowest BCUT2D eigenvalue weighted by atomic mass is 10.2. The zero-order chi connectivity index (χ0) is 27.9. The van der Waals surface area contributed by atoms with E-state index < -0.39 is 23.5 Å². The SMILES string of the molecule is Cc1c(-c2ccnn2-c2ccc(C#N)cc2)n(C(=O)N[C@H]2CCN(C)C2)c(=O)n1-c1cccc(C(F)(F)F)c1. The Morgan fingerprint density at radius 3 is 2.51 bits per heavy atom. The molecule has 0 bridgehead atoms. The lowest BCUT2D eigenvalue weighted by Crippen LogP contribution is -2.43. The first-order valence-corrected chi connectivity index (χ1v) is 12.1. The smallest absolute Gasteiger partial charge is 0.333 e. The summed E-state index contributed by atoms with van der Waals surface area (Å²) in [5, 5.41) is 16.4. The first kappa shape index (κ1) is 26.0. The molecule has 0 spiro atoms. The van der Waals surface area contributed by atoms with Crippen LogP contribution < -0.4 is 11.0 Å². The molecule has 5 rings (SSSR count). The Kier molecular flexibility index (Phi) is 6.61. The van der Waals surface area contributed by atoms with Crippen LogP contribution in [0.2, 0.25) is 0 Å². The number of imidazole rings is 1. The van der Waals surface area contributed by atoms with Crippen molar-refractivity contribution in [3.05, 3.63) is 88.1 Å². The molecular weight excluding hydrogens is 511 g/mol. The van der Waals surface area contributed by atoms with Crippen LogP contribution in [-0.4, -0.2) is 56.0 Å². The van der Waals surface area contributed by atoms with E-state index in [9.17, 15) is 22.8 Å². The first-order valence-electron chi connectivity index (χ1n) is 12.1. The van der Waals surface area contributed by atoms with Crippen LogP contribution in [0.25, 0.3) is 22.8 Å². The lowest BCUT2D eigenvalue weighted by molar-refractivity contribution is -0.137. The number of carbonyl (C=O) groups excluding carboxylic acids is 1. The third-order valence-corrected chi connectivity index (χ3v) is 6.76. The zero-order valence-corrected chi connectivity index (χ0v) is 21.1. The minimum atomic E-state index is -4.61. The van der Waals surface area contributed by atoms with Gasteiger partial charge in [-0.05, 0) is 75.5 Å². The van der Waals surface area contributed by atoms with E-state index in [0.29, 0.717) is 29.9 Å². The fourth-order valence-corrected chi connectivity index (χ4v) is 4.88. The van der Waals surface area contributed by atoms with Gasteiger partial charge in [-0.2, -0.15) is 23.5 Å². The van der Waals surface area contributed by atoms with Crippen LogP contribution in [0.4, 0.5) is 18.0 Å². The normalized spacial score (nSPS) is 15.8. The van der Waals surface area contributed by atoms with E-state index in [1.54, 1.807) is 37.3 Å². The number of likely N-dealkylation sites (N-methyl/N-ethyl adjacent to an activating group) is 1. The van der Waals surface area contributed by atoms with Crippen molar-refractivity contribution in [3.8, 4) is 28.8 Å². The number of nitriles is 1. The molecule has 200 valence electrons. The highest BCUT2D eigenvalue weighted by atomic mass is 19.4. The van der Waals surface area contributed by atoms with Crippen LogP contribution in [0.3, 0.4) is 0 Å². The molecular formula is C27H24F3N7O2. The highest BCUT2D eigenvalue weighted by Gasteiger charge is 2.32. The molecule has 1 aliphatic rings. The number of halogens is 3. The van der Waals surface area contributed by atoms with Crippen LogP contribution in [-0.2, 0) is 6.18 Å². The van der Waals surface area contributed by atoms with Gasteiger partial charge in [0.25, 0.3) is 0 Å². The molecule has 1 amide bonds. The standard InChI is InChI=1S/C27H24F3N7O2/c1-17-24(23-10-12-32-37(23)21-8-6-18(15-31)7-9-21)36(25(38)33-20-11-13-34(2)16-20)26(39)35(17)22-5-3-4-19(14-22)27(28,29)30/h3-10,12,14,20H,11,13,16H2,1-2H3,(H,33,38)/t20-/m0/s1. The van der Waals surface area contributed by atoms with E-state index in [0.717, 1.165) is 27.8 Å². The number of benzene rings is 2. The maximum atomic E-state index is 13.8. The van der Waals surface area contributed by atoms with Crippen LogP contribution >= 0.6 is 0 Å². The van der Waals surface area contributed by atoms with Gasteiger partial charge in [0, 0.05) is 12.6 Å². The average Bonchev–Trinajstić information content (AvgIpc) is 3.61. The molecule has 3 heterocycles. The Hall–Kier alpha value is -4.63. The molecule has 0 aliphatic carbocycles. The second-order valence-electron chi connectivity index (χ2n) is 9.42. The minimum Gasteiger partial charge on any atom is -0.333 e. The summed E-state index contributed by atoms with van der Waals surface area (Å²) < 4.78 is 44.0. The summed E-state index contributed by atoms with van der Waals surface area (Å²) in [6, 6.07) is 13.8. The Morgan fingerprint density at radius 1 is 1.13 bits per heavy atom. The van der Waals surface area contributed by atoms with Crippen LogP contribution in [0.15, 0.2) is 65.6 Å². The highest BCUT2D eigenvalue weighted by Crippen LogP contribution is 2.32. The summed E-state index contributed by atoms with van der Waals surface area (Å²) in [5.74, 6) is 0. The molecule has 1 saturated heterocycles. The van der Waals surface area contributed by atoms with Crippen molar-refractivity contribution >= 4 is 6.03 Å². The van der Waals surface area contributed by atoms with Gasteiger partial charge >= 0.3 is 17.9 Å². The molecule has 4 aromatic rings. The van der Waals surface area contributed by atoms with Crippen molar-refractivity contribution in [1.29, 1.82) is 5.26 Å². The molecule has 39 heavy (non-hydrogen) atoms. The molecule has 0 saturated carbocycles. The number of nitrogens with zero attached hydrogens (tertiary/aromatic N) is 6. The maximum Gasteiger partial charge on any atom is 0.416 e. The minimum absolute atomic E-state index is 0.0230. The summed E-state index contributed by atoms with van der Waals surface area (Å²) in [5.41, 5.74) is 0.0783. The van der Waals surface area contributed by atoms with Gasteiger partial charge in [0.05, 0.1) is 46.2 Å². The van der Waals surface area contributed by atoms with E-state index in [4.69, 9.17) is 5.26 Å². The third-order valence-electron chi connectivity index (χ3n) is 6.76. The van der Waals surface area contributed by atoms with Gasteiger partial charge in [0.1, 0.15) is 5.69 Å². The molecule has 12 heteroatoms. The Morgan fingerprint density at radius 2 is 1.87 bits per heavy atom. The van der Waals surface area contributed by atoms with Gasteiger partial charge in [-0.1, -0.05) is 6.07 Å². The molecule has 0 radical (unpaired) electrons. The highest BCUT2D eigenvalue weighted by molar-refractivity contribution is 5.83. The number of hydrogen-bond acceptors (Lipinski definition) is 5. The largest absolute Gasteiger partial charge is 0.416 e. The fourth-order valence-electron chi connectivity index (χ4n) is 4.88. The fraction of sp³-hybridized carbons (Fsp3) is 0.259. The predicted molar refractivity (Wildman–Crippen MR) is 137 cm³/mol. The van der Waals surface area contributed by atoms with Crippen LogP contribution in [0, 0.1) is 18.3 Å². The lowest BCUT2D eigenvalue weighted by Gasteiger charge is -2.15. The third kappa shape index (κ3) is 4.84. The molecule has 9 nitrogen and oxygen atoms in total.